The van der Waals surface area contributed by atoms with Crippen molar-refractivity contribution in [3.63, 3.8) is 0 Å². The number of hydrogen-bond acceptors (Lipinski definition) is 4. The number of benzene rings is 2. The molecule has 0 saturated heterocycles. The second kappa shape index (κ2) is 11.3. The lowest BCUT2D eigenvalue weighted by atomic mass is 10.0. The largest absolute Gasteiger partial charge is 0.469 e. The Kier molecular flexibility index (Phi) is 9.14. The average Bonchev–Trinajstić information content (AvgIpc) is 2.66. The summed E-state index contributed by atoms with van der Waals surface area (Å²) in [6.45, 7) is 0.948. The lowest BCUT2D eigenvalue weighted by Crippen LogP contribution is -2.32. The van der Waals surface area contributed by atoms with Crippen molar-refractivity contribution in [2.45, 2.75) is 32.1 Å². The number of hydrogen-bond donors (Lipinski definition) is 0. The van der Waals surface area contributed by atoms with Crippen molar-refractivity contribution in [1.82, 2.24) is 4.31 Å². The topological polar surface area (TPSA) is 63.7 Å². The highest BCUT2D eigenvalue weighted by atomic mass is 35.5. The molecule has 0 N–H and O–H groups in total. The maximum atomic E-state index is 12.1. The van der Waals surface area contributed by atoms with Gasteiger partial charge < -0.3 is 4.74 Å². The number of nitrogens with zero attached hydrogens (tertiary/aromatic N) is 1. The highest BCUT2D eigenvalue weighted by Crippen LogP contribution is 2.14. The van der Waals surface area contributed by atoms with Gasteiger partial charge in [0.05, 0.1) is 19.8 Å². The normalized spacial score (nSPS) is 11.6. The molecule has 158 valence electrons. The number of methoxy groups -OCH3 is 1. The van der Waals surface area contributed by atoms with Crippen molar-refractivity contribution in [2.24, 2.45) is 0 Å². The monoisotopic (exact) mass is 437 g/mol. The van der Waals surface area contributed by atoms with Crippen LogP contribution in [-0.2, 0) is 38.8 Å². The van der Waals surface area contributed by atoms with Crippen LogP contribution >= 0.6 is 11.6 Å². The Hall–Kier alpha value is -1.89. The van der Waals surface area contributed by atoms with Crippen LogP contribution in [0.5, 0.6) is 0 Å². The molecule has 0 aliphatic heterocycles. The Balaban J connectivity index is 1.86. The second-order valence-corrected chi connectivity index (χ2v) is 9.49. The molecule has 0 saturated carbocycles. The fourth-order valence-electron chi connectivity index (χ4n) is 3.19. The number of sulfonamides is 1. The van der Waals surface area contributed by atoms with Gasteiger partial charge in [0, 0.05) is 18.1 Å². The average molecular weight is 438 g/mol. The van der Waals surface area contributed by atoms with E-state index < -0.39 is 10.0 Å². The fraction of sp³-hybridized carbons (Fsp3) is 0.409. The minimum Gasteiger partial charge on any atom is -0.469 e. The van der Waals surface area contributed by atoms with Crippen LogP contribution in [-0.4, -0.2) is 45.1 Å². The standard InChI is InChI=1S/C22H28ClNO4S/c1-28-22(25)17-20-9-3-7-18(15-20)10-5-13-24(29(2,26)27)14-6-11-19-8-4-12-21(23)16-19/h3-4,7-9,12,15-16H,5-6,10-11,13-14,17H2,1-2H3. The van der Waals surface area contributed by atoms with Gasteiger partial charge in [0.15, 0.2) is 0 Å². The van der Waals surface area contributed by atoms with E-state index in [1.165, 1.54) is 17.7 Å². The minimum absolute atomic E-state index is 0.239. The number of aryl methyl sites for hydroxylation is 2. The van der Waals surface area contributed by atoms with Crippen LogP contribution in [0.4, 0.5) is 0 Å². The van der Waals surface area contributed by atoms with Gasteiger partial charge in [-0.2, -0.15) is 0 Å². The SMILES string of the molecule is COC(=O)Cc1cccc(CCCN(CCCc2cccc(Cl)c2)S(C)(=O)=O)c1. The van der Waals surface area contributed by atoms with Crippen LogP contribution < -0.4 is 0 Å². The van der Waals surface area contributed by atoms with Crippen molar-refractivity contribution in [3.8, 4) is 0 Å². The number of carbonyl (C=O) groups is 1. The van der Waals surface area contributed by atoms with Crippen molar-refractivity contribution in [2.75, 3.05) is 26.5 Å². The third kappa shape index (κ3) is 8.56. The van der Waals surface area contributed by atoms with E-state index in [-0.39, 0.29) is 12.4 Å². The highest BCUT2D eigenvalue weighted by molar-refractivity contribution is 7.88. The van der Waals surface area contributed by atoms with Gasteiger partial charge in [-0.3, -0.25) is 4.79 Å². The predicted molar refractivity (Wildman–Crippen MR) is 117 cm³/mol. The molecular formula is C22H28ClNO4S. The van der Waals surface area contributed by atoms with Crippen LogP contribution in [0.1, 0.15) is 29.5 Å². The zero-order chi connectivity index (χ0) is 21.3. The molecule has 0 aliphatic rings. The summed E-state index contributed by atoms with van der Waals surface area (Å²) in [6, 6.07) is 15.4. The Labute approximate surface area is 178 Å². The van der Waals surface area contributed by atoms with Crippen LogP contribution in [0, 0.1) is 0 Å². The molecule has 0 aliphatic carbocycles. The molecule has 2 rings (SSSR count). The Morgan fingerprint density at radius 1 is 0.966 bits per heavy atom. The Morgan fingerprint density at radius 3 is 2.07 bits per heavy atom. The van der Waals surface area contributed by atoms with E-state index in [9.17, 15) is 13.2 Å². The summed E-state index contributed by atoms with van der Waals surface area (Å²) < 4.78 is 30.5. The molecule has 0 amide bonds. The Bertz CT molecular complexity index is 915. The van der Waals surface area contributed by atoms with E-state index in [0.717, 1.165) is 36.0 Å². The summed E-state index contributed by atoms with van der Waals surface area (Å²) in [7, 11) is -1.89. The van der Waals surface area contributed by atoms with E-state index in [1.54, 1.807) is 0 Å². The van der Waals surface area contributed by atoms with E-state index in [0.29, 0.717) is 24.5 Å². The lowest BCUT2D eigenvalue weighted by molar-refractivity contribution is -0.139. The first-order valence-corrected chi connectivity index (χ1v) is 11.8. The van der Waals surface area contributed by atoms with Gasteiger partial charge in [0.2, 0.25) is 10.0 Å². The summed E-state index contributed by atoms with van der Waals surface area (Å²) >= 11 is 6.00. The quantitative estimate of drug-likeness (QED) is 0.500. The summed E-state index contributed by atoms with van der Waals surface area (Å²) in [5.74, 6) is -0.273. The van der Waals surface area contributed by atoms with Crippen molar-refractivity contribution in [3.05, 3.63) is 70.2 Å². The predicted octanol–water partition coefficient (Wildman–Crippen LogP) is 3.88. The molecule has 0 radical (unpaired) electrons. The van der Waals surface area contributed by atoms with Gasteiger partial charge in [0.1, 0.15) is 0 Å². The summed E-state index contributed by atoms with van der Waals surface area (Å²) in [5.41, 5.74) is 3.09. The maximum Gasteiger partial charge on any atom is 0.309 e. The molecule has 2 aromatic carbocycles. The molecule has 0 unspecified atom stereocenters. The van der Waals surface area contributed by atoms with E-state index in [2.05, 4.69) is 0 Å². The van der Waals surface area contributed by atoms with Gasteiger partial charge in [0.25, 0.3) is 0 Å². The van der Waals surface area contributed by atoms with Crippen molar-refractivity contribution < 1.29 is 17.9 Å². The number of ether oxygens (including phenoxy) is 1. The van der Waals surface area contributed by atoms with Crippen LogP contribution in [0.25, 0.3) is 0 Å². The summed E-state index contributed by atoms with van der Waals surface area (Å²) in [4.78, 5) is 11.4. The summed E-state index contributed by atoms with van der Waals surface area (Å²) in [6.07, 6.45) is 4.47. The number of esters is 1. The lowest BCUT2D eigenvalue weighted by Gasteiger charge is -2.20. The smallest absolute Gasteiger partial charge is 0.309 e. The molecule has 0 aromatic heterocycles. The van der Waals surface area contributed by atoms with E-state index >= 15 is 0 Å². The van der Waals surface area contributed by atoms with Crippen molar-refractivity contribution >= 4 is 27.6 Å². The Morgan fingerprint density at radius 2 is 1.52 bits per heavy atom. The number of rotatable bonds is 11. The fourth-order valence-corrected chi connectivity index (χ4v) is 4.32. The summed E-state index contributed by atoms with van der Waals surface area (Å²) in [5, 5.41) is 0.692. The molecule has 0 fully saturated rings. The van der Waals surface area contributed by atoms with Gasteiger partial charge in [-0.15, -0.1) is 0 Å². The number of carbonyl (C=O) groups excluding carboxylic acids is 1. The molecule has 5 nitrogen and oxygen atoms in total. The molecule has 7 heteroatoms. The van der Waals surface area contributed by atoms with Crippen molar-refractivity contribution in [1.29, 1.82) is 0 Å². The van der Waals surface area contributed by atoms with Gasteiger partial charge in [-0.05, 0) is 54.5 Å². The third-order valence-electron chi connectivity index (χ3n) is 4.67. The molecule has 0 heterocycles. The zero-order valence-corrected chi connectivity index (χ0v) is 18.5. The molecule has 0 bridgehead atoms. The zero-order valence-electron chi connectivity index (χ0n) is 16.9. The maximum absolute atomic E-state index is 12.1. The number of halogens is 1. The third-order valence-corrected chi connectivity index (χ3v) is 6.21. The minimum atomic E-state index is -3.26. The van der Waals surface area contributed by atoms with Gasteiger partial charge in [-0.1, -0.05) is 48.0 Å². The molecule has 2 aromatic rings. The highest BCUT2D eigenvalue weighted by Gasteiger charge is 2.16. The molecule has 0 atom stereocenters. The molecule has 0 spiro atoms. The van der Waals surface area contributed by atoms with E-state index in [1.807, 2.05) is 48.5 Å². The second-order valence-electron chi connectivity index (χ2n) is 7.07. The van der Waals surface area contributed by atoms with E-state index in [4.69, 9.17) is 16.3 Å². The first kappa shape index (κ1) is 23.4. The first-order chi connectivity index (χ1) is 13.8. The first-order valence-electron chi connectivity index (χ1n) is 9.62. The van der Waals surface area contributed by atoms with Gasteiger partial charge in [-0.25, -0.2) is 12.7 Å². The molecule has 29 heavy (non-hydrogen) atoms. The van der Waals surface area contributed by atoms with Crippen LogP contribution in [0.15, 0.2) is 48.5 Å². The van der Waals surface area contributed by atoms with Crippen LogP contribution in [0.3, 0.4) is 0 Å². The van der Waals surface area contributed by atoms with Crippen LogP contribution in [0.2, 0.25) is 5.02 Å². The molecular weight excluding hydrogens is 410 g/mol. The van der Waals surface area contributed by atoms with Gasteiger partial charge >= 0.3 is 5.97 Å².